The van der Waals surface area contributed by atoms with Crippen molar-refractivity contribution in [2.45, 2.75) is 31.6 Å². The fraction of sp³-hybridized carbons (Fsp3) is 0.261. The number of nitrogens with two attached hydrogens (primary N) is 1. The van der Waals surface area contributed by atoms with E-state index < -0.39 is 42.3 Å². The van der Waals surface area contributed by atoms with Crippen molar-refractivity contribution >= 4 is 45.1 Å². The number of thiazole rings is 1. The maximum absolute atomic E-state index is 13.0. The molecule has 2 heterocycles. The Kier molecular flexibility index (Phi) is 9.07. The first-order chi connectivity index (χ1) is 17.9. The van der Waals surface area contributed by atoms with Crippen LogP contribution in [-0.2, 0) is 16.1 Å². The molecule has 11 nitrogen and oxygen atoms in total. The predicted molar refractivity (Wildman–Crippen MR) is 132 cm³/mol. The summed E-state index contributed by atoms with van der Waals surface area (Å²) in [4.78, 5) is 51.9. The van der Waals surface area contributed by atoms with Crippen molar-refractivity contribution in [3.8, 4) is 5.75 Å². The van der Waals surface area contributed by atoms with E-state index >= 15 is 0 Å². The molecule has 3 aromatic rings. The number of hydrogen-bond donors (Lipinski definition) is 4. The summed E-state index contributed by atoms with van der Waals surface area (Å²) >= 11 is 1.06. The quantitative estimate of drug-likeness (QED) is 0.265. The molecule has 202 valence electrons. The van der Waals surface area contributed by atoms with E-state index in [0.29, 0.717) is 15.2 Å². The van der Waals surface area contributed by atoms with Gasteiger partial charge in [0, 0.05) is 6.20 Å². The first kappa shape index (κ1) is 28.2. The highest BCUT2D eigenvalue weighted by molar-refractivity contribution is 7.19. The maximum atomic E-state index is 13.0. The number of ether oxygens (including phenoxy) is 1. The molecule has 3 rings (SSSR count). The highest BCUT2D eigenvalue weighted by atomic mass is 32.1. The monoisotopic (exact) mass is 553 g/mol. The number of nitrogens with zero attached hydrogens (tertiary/aromatic N) is 2. The Labute approximate surface area is 216 Å². The number of pyridine rings is 1. The molecule has 1 aromatic carbocycles. The molecule has 2 aromatic heterocycles. The van der Waals surface area contributed by atoms with Crippen LogP contribution in [0, 0.1) is 0 Å². The third-order valence-electron chi connectivity index (χ3n) is 4.92. The summed E-state index contributed by atoms with van der Waals surface area (Å²) in [6.45, 7) is -1.50. The molecule has 1 unspecified atom stereocenters. The number of rotatable bonds is 11. The van der Waals surface area contributed by atoms with Crippen LogP contribution in [-0.4, -0.2) is 51.4 Å². The topological polar surface area (TPSA) is 166 Å². The van der Waals surface area contributed by atoms with Crippen LogP contribution in [0.2, 0.25) is 0 Å². The zero-order valence-electron chi connectivity index (χ0n) is 19.5. The van der Waals surface area contributed by atoms with Crippen LogP contribution in [0.1, 0.15) is 17.8 Å². The van der Waals surface area contributed by atoms with E-state index in [0.717, 1.165) is 17.4 Å². The Morgan fingerprint density at radius 3 is 2.68 bits per heavy atom. The van der Waals surface area contributed by atoms with Gasteiger partial charge in [-0.1, -0.05) is 12.1 Å². The highest BCUT2D eigenvalue weighted by Crippen LogP contribution is 2.32. The molecular weight excluding hydrogens is 531 g/mol. The van der Waals surface area contributed by atoms with Crippen molar-refractivity contribution in [2.75, 3.05) is 11.9 Å². The number of anilines is 1. The Balaban J connectivity index is 1.76. The lowest BCUT2D eigenvalue weighted by Gasteiger charge is -2.16. The number of halogens is 3. The van der Waals surface area contributed by atoms with E-state index in [2.05, 4.69) is 15.6 Å². The van der Waals surface area contributed by atoms with Crippen LogP contribution in [0.4, 0.5) is 23.7 Å². The number of allylic oxidation sites excluding steroid dienone is 1. The van der Waals surface area contributed by atoms with E-state index in [4.69, 9.17) is 15.6 Å². The molecule has 0 aliphatic heterocycles. The molecule has 0 radical (unpaired) electrons. The van der Waals surface area contributed by atoms with Crippen molar-refractivity contribution in [3.05, 3.63) is 64.0 Å². The minimum atomic E-state index is -4.51. The number of primary amides is 1. The number of carbonyl (C=O) groups is 3. The van der Waals surface area contributed by atoms with Gasteiger partial charge in [0.2, 0.25) is 11.8 Å². The summed E-state index contributed by atoms with van der Waals surface area (Å²) in [5.41, 5.74) is 4.65. The van der Waals surface area contributed by atoms with Crippen molar-refractivity contribution in [2.24, 2.45) is 5.73 Å². The van der Waals surface area contributed by atoms with Gasteiger partial charge in [-0.15, -0.1) is 11.3 Å². The molecule has 38 heavy (non-hydrogen) atoms. The zero-order valence-corrected chi connectivity index (χ0v) is 20.3. The van der Waals surface area contributed by atoms with Gasteiger partial charge in [-0.3, -0.25) is 14.4 Å². The molecule has 0 spiro atoms. The van der Waals surface area contributed by atoms with Gasteiger partial charge >= 0.3 is 12.3 Å². The second kappa shape index (κ2) is 12.2. The largest absolute Gasteiger partial charge is 0.483 e. The fourth-order valence-corrected chi connectivity index (χ4v) is 4.34. The van der Waals surface area contributed by atoms with Crippen LogP contribution in [0.15, 0.2) is 53.5 Å². The van der Waals surface area contributed by atoms with Crippen molar-refractivity contribution < 1.29 is 37.4 Å². The number of carbonyl (C=O) groups excluding carboxylic acids is 2. The lowest BCUT2D eigenvalue weighted by atomic mass is 10.1. The Morgan fingerprint density at radius 1 is 1.24 bits per heavy atom. The molecular formula is C23H22F3N5O6S. The van der Waals surface area contributed by atoms with Crippen LogP contribution in [0.5, 0.6) is 5.75 Å². The number of fused-ring (bicyclic) bond motifs is 1. The van der Waals surface area contributed by atoms with Crippen molar-refractivity contribution in [1.82, 2.24) is 14.9 Å². The van der Waals surface area contributed by atoms with Crippen molar-refractivity contribution in [1.29, 1.82) is 0 Å². The number of benzene rings is 1. The number of carboxylic acid groups (broad SMARTS) is 1. The second-order valence-corrected chi connectivity index (χ2v) is 8.93. The fourth-order valence-electron chi connectivity index (χ4n) is 3.31. The normalized spacial score (nSPS) is 12.4. The number of alkyl halides is 3. The van der Waals surface area contributed by atoms with E-state index in [-0.39, 0.29) is 30.8 Å². The van der Waals surface area contributed by atoms with Crippen molar-refractivity contribution in [3.63, 3.8) is 0 Å². The first-order valence-corrected chi connectivity index (χ1v) is 11.8. The van der Waals surface area contributed by atoms with Crippen LogP contribution < -0.4 is 26.7 Å². The summed E-state index contributed by atoms with van der Waals surface area (Å²) in [5, 5.41) is 13.9. The summed E-state index contributed by atoms with van der Waals surface area (Å²) in [6, 6.07) is 6.09. The number of amides is 3. The van der Waals surface area contributed by atoms with Gasteiger partial charge in [-0.2, -0.15) is 13.2 Å². The minimum absolute atomic E-state index is 0.00656. The highest BCUT2D eigenvalue weighted by Gasteiger charge is 2.29. The van der Waals surface area contributed by atoms with E-state index in [9.17, 15) is 32.3 Å². The second-order valence-electron chi connectivity index (χ2n) is 7.84. The third-order valence-corrected chi connectivity index (χ3v) is 5.99. The molecule has 0 saturated heterocycles. The third kappa shape index (κ3) is 8.06. The van der Waals surface area contributed by atoms with E-state index in [1.165, 1.54) is 41.1 Å². The van der Waals surface area contributed by atoms with Crippen LogP contribution in [0.25, 0.3) is 10.2 Å². The Morgan fingerprint density at radius 2 is 2.00 bits per heavy atom. The van der Waals surface area contributed by atoms with E-state index in [1.54, 1.807) is 6.07 Å². The van der Waals surface area contributed by atoms with Crippen LogP contribution in [0.3, 0.4) is 0 Å². The minimum Gasteiger partial charge on any atom is -0.483 e. The molecule has 0 aliphatic rings. The van der Waals surface area contributed by atoms with Gasteiger partial charge in [0.1, 0.15) is 22.5 Å². The average molecular weight is 554 g/mol. The predicted octanol–water partition coefficient (Wildman–Crippen LogP) is 2.84. The molecule has 0 fully saturated rings. The molecule has 15 heteroatoms. The van der Waals surface area contributed by atoms with Gasteiger partial charge in [0.25, 0.3) is 5.56 Å². The number of nitrogens with one attached hydrogen (secondary N) is 2. The summed E-state index contributed by atoms with van der Waals surface area (Å²) < 4.78 is 44.2. The Hall–Kier alpha value is -4.40. The zero-order chi connectivity index (χ0) is 27.9. The van der Waals surface area contributed by atoms with Crippen LogP contribution >= 0.6 is 11.3 Å². The lowest BCUT2D eigenvalue weighted by molar-refractivity contribution is -0.153. The molecule has 0 aliphatic carbocycles. The summed E-state index contributed by atoms with van der Waals surface area (Å²) in [5.74, 6) is -1.47. The summed E-state index contributed by atoms with van der Waals surface area (Å²) in [6.07, 6.45) is -1.90. The summed E-state index contributed by atoms with van der Waals surface area (Å²) in [7, 11) is 0. The van der Waals surface area contributed by atoms with Gasteiger partial charge in [-0.05, 0) is 43.2 Å². The lowest BCUT2D eigenvalue weighted by Crippen LogP contribution is -2.44. The smallest absolute Gasteiger partial charge is 0.422 e. The SMILES string of the molecule is NC(=O)/C=C/CCC(NC(=O)O)C(=O)Nc1cccn(Cc2nc3cccc(OCC(F)(F)F)c3s2)c1=O. The van der Waals surface area contributed by atoms with Gasteiger partial charge in [0.05, 0.1) is 16.8 Å². The molecule has 0 saturated carbocycles. The molecule has 0 bridgehead atoms. The molecule has 5 N–H and O–H groups in total. The van der Waals surface area contributed by atoms with E-state index in [1.807, 2.05) is 0 Å². The number of aromatic nitrogens is 2. The average Bonchev–Trinajstić information content (AvgIpc) is 3.24. The number of hydrogen-bond acceptors (Lipinski definition) is 7. The molecule has 3 amide bonds. The first-order valence-electron chi connectivity index (χ1n) is 11.0. The maximum Gasteiger partial charge on any atom is 0.422 e. The Bertz CT molecular complexity index is 1420. The van der Waals surface area contributed by atoms with Gasteiger partial charge < -0.3 is 30.8 Å². The van der Waals surface area contributed by atoms with Gasteiger partial charge in [0.15, 0.2) is 6.61 Å². The standard InChI is InChI=1S/C23H22F3N5O6S/c24-23(25,26)12-37-16-8-3-6-13-19(16)38-18(28-13)11-31-10-4-7-15(21(31)34)29-20(33)14(30-22(35)36)5-1-2-9-17(27)32/h2-4,6-10,14,30H,1,5,11-12H2,(H2,27,32)(H,29,33)(H,35,36)/b9-2+. The van der Waals surface area contributed by atoms with Gasteiger partial charge in [-0.25, -0.2) is 9.78 Å². The molecule has 1 atom stereocenters.